The van der Waals surface area contributed by atoms with Crippen molar-refractivity contribution < 1.29 is 0 Å². The molecular formula is C16H26ClN3. The topological polar surface area (TPSA) is 32.5 Å². The molecule has 0 aliphatic carbocycles. The summed E-state index contributed by atoms with van der Waals surface area (Å²) in [6.45, 7) is 9.65. The molecule has 112 valence electrons. The van der Waals surface area contributed by atoms with Crippen molar-refractivity contribution in [1.82, 2.24) is 4.90 Å². The van der Waals surface area contributed by atoms with Crippen LogP contribution in [0.25, 0.3) is 0 Å². The zero-order valence-electron chi connectivity index (χ0n) is 13.0. The number of benzene rings is 1. The zero-order valence-corrected chi connectivity index (χ0v) is 13.7. The molecule has 1 unspecified atom stereocenters. The maximum atomic E-state index is 6.48. The molecule has 1 aliphatic rings. The predicted molar refractivity (Wildman–Crippen MR) is 87.7 cm³/mol. The molecule has 2 rings (SSSR count). The van der Waals surface area contributed by atoms with E-state index in [9.17, 15) is 0 Å². The highest BCUT2D eigenvalue weighted by atomic mass is 35.5. The Kier molecular flexibility index (Phi) is 4.62. The van der Waals surface area contributed by atoms with E-state index in [2.05, 4.69) is 48.9 Å². The highest BCUT2D eigenvalue weighted by Crippen LogP contribution is 2.31. The van der Waals surface area contributed by atoms with Crippen molar-refractivity contribution in [1.29, 1.82) is 0 Å². The van der Waals surface area contributed by atoms with Gasteiger partial charge < -0.3 is 10.6 Å². The zero-order chi connectivity index (χ0) is 14.9. The van der Waals surface area contributed by atoms with E-state index in [1.165, 1.54) is 5.56 Å². The van der Waals surface area contributed by atoms with Crippen molar-refractivity contribution in [2.24, 2.45) is 5.73 Å². The Labute approximate surface area is 127 Å². The van der Waals surface area contributed by atoms with Crippen LogP contribution in [0.15, 0.2) is 18.2 Å². The van der Waals surface area contributed by atoms with Gasteiger partial charge in [0.15, 0.2) is 0 Å². The van der Waals surface area contributed by atoms with Gasteiger partial charge in [0, 0.05) is 31.2 Å². The molecule has 0 bridgehead atoms. The van der Waals surface area contributed by atoms with Crippen molar-refractivity contribution in [3.05, 3.63) is 28.8 Å². The molecule has 1 aromatic rings. The van der Waals surface area contributed by atoms with Gasteiger partial charge >= 0.3 is 0 Å². The Bertz CT molecular complexity index is 471. The normalized spacial score (nSPS) is 21.0. The largest absolute Gasteiger partial charge is 0.367 e. The monoisotopic (exact) mass is 295 g/mol. The fraction of sp³-hybridized carbons (Fsp3) is 0.625. The van der Waals surface area contributed by atoms with E-state index < -0.39 is 0 Å². The minimum absolute atomic E-state index is 0.166. The van der Waals surface area contributed by atoms with Crippen LogP contribution >= 0.6 is 11.6 Å². The molecule has 4 heteroatoms. The van der Waals surface area contributed by atoms with Crippen molar-refractivity contribution in [3.63, 3.8) is 0 Å². The van der Waals surface area contributed by atoms with Crippen LogP contribution in [0.1, 0.15) is 26.3 Å². The first kappa shape index (κ1) is 15.6. The molecule has 1 aromatic carbocycles. The van der Waals surface area contributed by atoms with E-state index in [1.807, 2.05) is 6.92 Å². The minimum Gasteiger partial charge on any atom is -0.367 e. The summed E-state index contributed by atoms with van der Waals surface area (Å²) < 4.78 is 0. The summed E-state index contributed by atoms with van der Waals surface area (Å²) >= 11 is 6.48. The summed E-state index contributed by atoms with van der Waals surface area (Å²) in [5, 5.41) is 0.837. The van der Waals surface area contributed by atoms with Crippen LogP contribution in [-0.2, 0) is 6.42 Å². The van der Waals surface area contributed by atoms with Crippen LogP contribution in [0.4, 0.5) is 5.69 Å². The molecule has 1 aliphatic heterocycles. The SMILES string of the molecule is CC(N)Cc1ccc(N2CCN(C)C(C)(C)C2)c(Cl)c1. The summed E-state index contributed by atoms with van der Waals surface area (Å²) in [7, 11) is 2.19. The number of hydrogen-bond donors (Lipinski definition) is 1. The van der Waals surface area contributed by atoms with Gasteiger partial charge in [-0.3, -0.25) is 4.90 Å². The summed E-state index contributed by atoms with van der Waals surface area (Å²) in [5.74, 6) is 0. The van der Waals surface area contributed by atoms with Crippen molar-refractivity contribution in [2.75, 3.05) is 31.6 Å². The van der Waals surface area contributed by atoms with E-state index >= 15 is 0 Å². The van der Waals surface area contributed by atoms with E-state index in [1.54, 1.807) is 0 Å². The van der Waals surface area contributed by atoms with Gasteiger partial charge in [-0.25, -0.2) is 0 Å². The quantitative estimate of drug-likeness (QED) is 0.931. The molecule has 0 amide bonds. The molecule has 1 atom stereocenters. The van der Waals surface area contributed by atoms with Gasteiger partial charge in [-0.05, 0) is 51.9 Å². The second-order valence-electron chi connectivity index (χ2n) is 6.62. The van der Waals surface area contributed by atoms with Crippen LogP contribution in [-0.4, -0.2) is 43.2 Å². The number of likely N-dealkylation sites (N-methyl/N-ethyl adjacent to an activating group) is 1. The molecule has 1 fully saturated rings. The van der Waals surface area contributed by atoms with Crippen LogP contribution in [0.3, 0.4) is 0 Å². The van der Waals surface area contributed by atoms with E-state index in [0.717, 1.165) is 36.8 Å². The second kappa shape index (κ2) is 5.92. The molecule has 0 aromatic heterocycles. The smallest absolute Gasteiger partial charge is 0.0642 e. The Morgan fingerprint density at radius 3 is 2.60 bits per heavy atom. The molecule has 20 heavy (non-hydrogen) atoms. The fourth-order valence-electron chi connectivity index (χ4n) is 2.75. The number of nitrogens with two attached hydrogens (primary N) is 1. The van der Waals surface area contributed by atoms with Gasteiger partial charge in [-0.15, -0.1) is 0 Å². The summed E-state index contributed by atoms with van der Waals surface area (Å²) in [5.41, 5.74) is 8.37. The fourth-order valence-corrected chi connectivity index (χ4v) is 3.07. The van der Waals surface area contributed by atoms with Crippen molar-refractivity contribution in [2.45, 2.75) is 38.8 Å². The van der Waals surface area contributed by atoms with E-state index in [0.29, 0.717) is 0 Å². The first-order chi connectivity index (χ1) is 9.29. The third kappa shape index (κ3) is 3.46. The number of halogens is 1. The third-order valence-corrected chi connectivity index (χ3v) is 4.53. The van der Waals surface area contributed by atoms with Gasteiger partial charge in [-0.2, -0.15) is 0 Å². The highest BCUT2D eigenvalue weighted by molar-refractivity contribution is 6.33. The first-order valence-corrected chi connectivity index (χ1v) is 7.67. The maximum absolute atomic E-state index is 6.48. The predicted octanol–water partition coefficient (Wildman–Crippen LogP) is 2.76. The van der Waals surface area contributed by atoms with Gasteiger partial charge in [0.25, 0.3) is 0 Å². The molecule has 1 heterocycles. The van der Waals surface area contributed by atoms with Crippen LogP contribution in [0, 0.1) is 0 Å². The van der Waals surface area contributed by atoms with Gasteiger partial charge in [-0.1, -0.05) is 17.7 Å². The number of nitrogens with zero attached hydrogens (tertiary/aromatic N) is 2. The average Bonchev–Trinajstić information content (AvgIpc) is 2.32. The molecule has 0 spiro atoms. The van der Waals surface area contributed by atoms with Crippen LogP contribution in [0.2, 0.25) is 5.02 Å². The standard InChI is InChI=1S/C16H26ClN3/c1-12(18)9-13-5-6-15(14(17)10-13)20-8-7-19(4)16(2,3)11-20/h5-6,10,12H,7-9,11,18H2,1-4H3. The average molecular weight is 296 g/mol. The lowest BCUT2D eigenvalue weighted by atomic mass is 9.99. The minimum atomic E-state index is 0.166. The Morgan fingerprint density at radius 1 is 1.35 bits per heavy atom. The van der Waals surface area contributed by atoms with Crippen molar-refractivity contribution in [3.8, 4) is 0 Å². The van der Waals surface area contributed by atoms with Crippen LogP contribution in [0.5, 0.6) is 0 Å². The molecule has 2 N–H and O–H groups in total. The highest BCUT2D eigenvalue weighted by Gasteiger charge is 2.31. The Morgan fingerprint density at radius 2 is 2.05 bits per heavy atom. The third-order valence-electron chi connectivity index (χ3n) is 4.23. The lowest BCUT2D eigenvalue weighted by Gasteiger charge is -2.46. The van der Waals surface area contributed by atoms with Gasteiger partial charge in [0.2, 0.25) is 0 Å². The van der Waals surface area contributed by atoms with Gasteiger partial charge in [0.1, 0.15) is 0 Å². The molecule has 0 radical (unpaired) electrons. The molecule has 0 saturated carbocycles. The Hall–Kier alpha value is -0.770. The summed E-state index contributed by atoms with van der Waals surface area (Å²) in [4.78, 5) is 4.79. The molecule has 1 saturated heterocycles. The van der Waals surface area contributed by atoms with Crippen molar-refractivity contribution >= 4 is 17.3 Å². The maximum Gasteiger partial charge on any atom is 0.0642 e. The first-order valence-electron chi connectivity index (χ1n) is 7.30. The number of anilines is 1. The lowest BCUT2D eigenvalue weighted by Crippen LogP contribution is -2.57. The van der Waals surface area contributed by atoms with E-state index in [-0.39, 0.29) is 11.6 Å². The second-order valence-corrected chi connectivity index (χ2v) is 7.03. The number of hydrogen-bond acceptors (Lipinski definition) is 3. The summed E-state index contributed by atoms with van der Waals surface area (Å²) in [6, 6.07) is 6.52. The van der Waals surface area contributed by atoms with Crippen LogP contribution < -0.4 is 10.6 Å². The lowest BCUT2D eigenvalue weighted by molar-refractivity contribution is 0.139. The molecule has 3 nitrogen and oxygen atoms in total. The number of piperazine rings is 1. The number of rotatable bonds is 3. The summed E-state index contributed by atoms with van der Waals surface area (Å²) in [6.07, 6.45) is 0.869. The Balaban J connectivity index is 2.17. The molecular weight excluding hydrogens is 270 g/mol. The van der Waals surface area contributed by atoms with E-state index in [4.69, 9.17) is 17.3 Å². The van der Waals surface area contributed by atoms with Gasteiger partial charge in [0.05, 0.1) is 10.7 Å².